The molecular formula is C46H80NO7P. The quantitative estimate of drug-likeness (QED) is 0.0273. The number of phosphoric acid groups is 1. The van der Waals surface area contributed by atoms with E-state index in [1.165, 1.54) is 32.1 Å². The Kier molecular flexibility index (Phi) is 41.0. The van der Waals surface area contributed by atoms with Gasteiger partial charge in [-0.25, -0.2) is 4.57 Å². The summed E-state index contributed by atoms with van der Waals surface area (Å²) in [5.74, 6) is -0.357. The summed E-state index contributed by atoms with van der Waals surface area (Å²) >= 11 is 0. The molecule has 0 aromatic heterocycles. The number of ether oxygens (including phenoxy) is 2. The van der Waals surface area contributed by atoms with Crippen molar-refractivity contribution in [2.45, 2.75) is 168 Å². The molecule has 0 amide bonds. The molecule has 0 aromatic carbocycles. The molecule has 0 saturated carbocycles. The zero-order valence-electron chi connectivity index (χ0n) is 34.9. The highest BCUT2D eigenvalue weighted by molar-refractivity contribution is 7.47. The van der Waals surface area contributed by atoms with Gasteiger partial charge >= 0.3 is 13.8 Å². The average Bonchev–Trinajstić information content (AvgIpc) is 3.17. The van der Waals surface area contributed by atoms with E-state index in [0.29, 0.717) is 13.0 Å². The summed E-state index contributed by atoms with van der Waals surface area (Å²) in [5, 5.41) is 0. The van der Waals surface area contributed by atoms with Crippen LogP contribution in [0.1, 0.15) is 162 Å². The monoisotopic (exact) mass is 790 g/mol. The molecule has 0 aromatic rings. The third-order valence-electron chi connectivity index (χ3n) is 8.55. The first-order valence-corrected chi connectivity index (χ1v) is 23.1. The third kappa shape index (κ3) is 42.7. The van der Waals surface area contributed by atoms with Gasteiger partial charge in [0.25, 0.3) is 0 Å². The molecule has 8 nitrogen and oxygen atoms in total. The lowest BCUT2D eigenvalue weighted by molar-refractivity contribution is -0.154. The SMILES string of the molecule is CC/C=C\C/C=C\C/C=C\C/C=C\C/C=C\CCCCCCOCC(COP(=O)(O)OCCN)OC(=O)CCCCCCC/C=C\C/C=C\CCCCCC. The summed E-state index contributed by atoms with van der Waals surface area (Å²) in [4.78, 5) is 22.5. The van der Waals surface area contributed by atoms with Gasteiger partial charge in [0.05, 0.1) is 19.8 Å². The van der Waals surface area contributed by atoms with Crippen molar-refractivity contribution in [2.75, 3.05) is 33.0 Å². The maximum absolute atomic E-state index is 12.6. The number of hydrogen-bond donors (Lipinski definition) is 2. The lowest BCUT2D eigenvalue weighted by atomic mass is 10.1. The van der Waals surface area contributed by atoms with E-state index in [2.05, 4.69) is 98.9 Å². The number of allylic oxidation sites excluding steroid dienone is 14. The number of esters is 1. The van der Waals surface area contributed by atoms with Crippen molar-refractivity contribution in [3.63, 3.8) is 0 Å². The fourth-order valence-electron chi connectivity index (χ4n) is 5.40. The van der Waals surface area contributed by atoms with Crippen LogP contribution in [0.5, 0.6) is 0 Å². The van der Waals surface area contributed by atoms with E-state index < -0.39 is 13.9 Å². The minimum Gasteiger partial charge on any atom is -0.457 e. The van der Waals surface area contributed by atoms with Gasteiger partial charge in [0.2, 0.25) is 0 Å². The number of nitrogens with two attached hydrogens (primary N) is 1. The largest absolute Gasteiger partial charge is 0.472 e. The van der Waals surface area contributed by atoms with Crippen LogP contribution in [0.2, 0.25) is 0 Å². The first-order chi connectivity index (χ1) is 26.9. The normalized spacial score (nSPS) is 14.3. The second kappa shape index (κ2) is 42.8. The molecule has 316 valence electrons. The van der Waals surface area contributed by atoms with Gasteiger partial charge in [-0.15, -0.1) is 0 Å². The van der Waals surface area contributed by atoms with Gasteiger partial charge in [0.1, 0.15) is 6.10 Å². The Labute approximate surface area is 337 Å². The minimum atomic E-state index is -4.29. The smallest absolute Gasteiger partial charge is 0.457 e. The highest BCUT2D eigenvalue weighted by atomic mass is 31.2. The van der Waals surface area contributed by atoms with Crippen molar-refractivity contribution in [2.24, 2.45) is 5.73 Å². The van der Waals surface area contributed by atoms with E-state index in [9.17, 15) is 14.3 Å². The van der Waals surface area contributed by atoms with Crippen molar-refractivity contribution in [3.05, 3.63) is 85.1 Å². The molecule has 55 heavy (non-hydrogen) atoms. The van der Waals surface area contributed by atoms with Crippen LogP contribution in [0.3, 0.4) is 0 Å². The van der Waals surface area contributed by atoms with Crippen molar-refractivity contribution in [3.8, 4) is 0 Å². The zero-order valence-corrected chi connectivity index (χ0v) is 35.8. The fraction of sp³-hybridized carbons (Fsp3) is 0.674. The van der Waals surface area contributed by atoms with Crippen molar-refractivity contribution < 1.29 is 32.8 Å². The Balaban J connectivity index is 4.14. The summed E-state index contributed by atoms with van der Waals surface area (Å²) < 4.78 is 33.4. The predicted molar refractivity (Wildman–Crippen MR) is 233 cm³/mol. The molecule has 0 aliphatic heterocycles. The Hall–Kier alpha value is -2.32. The third-order valence-corrected chi connectivity index (χ3v) is 9.53. The summed E-state index contributed by atoms with van der Waals surface area (Å²) in [6.45, 7) is 4.68. The number of unbranched alkanes of at least 4 members (excludes halogenated alkanes) is 13. The number of hydrogen-bond acceptors (Lipinski definition) is 7. The van der Waals surface area contributed by atoms with Crippen molar-refractivity contribution in [1.82, 2.24) is 0 Å². The van der Waals surface area contributed by atoms with Gasteiger partial charge in [0, 0.05) is 19.6 Å². The highest BCUT2D eigenvalue weighted by Gasteiger charge is 2.25. The van der Waals surface area contributed by atoms with Crippen LogP contribution in [0.4, 0.5) is 0 Å². The van der Waals surface area contributed by atoms with Crippen LogP contribution >= 0.6 is 7.82 Å². The number of rotatable bonds is 40. The summed E-state index contributed by atoms with van der Waals surface area (Å²) in [5.41, 5.74) is 5.37. The Bertz CT molecular complexity index is 1110. The van der Waals surface area contributed by atoms with E-state index in [0.717, 1.165) is 109 Å². The molecule has 0 bridgehead atoms. The molecule has 0 aliphatic carbocycles. The number of phosphoric ester groups is 1. The second-order valence-corrected chi connectivity index (χ2v) is 15.3. The van der Waals surface area contributed by atoms with Crippen molar-refractivity contribution >= 4 is 13.8 Å². The maximum atomic E-state index is 12.6. The number of carbonyl (C=O) groups excluding carboxylic acids is 1. The first-order valence-electron chi connectivity index (χ1n) is 21.6. The molecule has 0 aliphatic rings. The summed E-state index contributed by atoms with van der Waals surface area (Å²) in [6, 6.07) is 0. The van der Waals surface area contributed by atoms with E-state index in [1.54, 1.807) is 0 Å². The molecular weight excluding hydrogens is 709 g/mol. The van der Waals surface area contributed by atoms with Crippen LogP contribution in [0, 0.1) is 0 Å². The lowest BCUT2D eigenvalue weighted by Crippen LogP contribution is -2.28. The molecule has 0 heterocycles. The average molecular weight is 790 g/mol. The Morgan fingerprint density at radius 3 is 1.53 bits per heavy atom. The molecule has 0 saturated heterocycles. The predicted octanol–water partition coefficient (Wildman–Crippen LogP) is 12.9. The first kappa shape index (κ1) is 52.7. The molecule has 0 rings (SSSR count). The molecule has 0 radical (unpaired) electrons. The number of carbonyl (C=O) groups is 1. The molecule has 2 unspecified atom stereocenters. The van der Waals surface area contributed by atoms with Crippen LogP contribution in [0.25, 0.3) is 0 Å². The second-order valence-electron chi connectivity index (χ2n) is 13.8. The maximum Gasteiger partial charge on any atom is 0.472 e. The van der Waals surface area contributed by atoms with Gasteiger partial charge in [-0.2, -0.15) is 0 Å². The van der Waals surface area contributed by atoms with Gasteiger partial charge in [-0.05, 0) is 89.9 Å². The highest BCUT2D eigenvalue weighted by Crippen LogP contribution is 2.43. The van der Waals surface area contributed by atoms with Crippen LogP contribution in [-0.4, -0.2) is 49.9 Å². The van der Waals surface area contributed by atoms with Crippen LogP contribution < -0.4 is 5.73 Å². The van der Waals surface area contributed by atoms with E-state index in [4.69, 9.17) is 24.3 Å². The minimum absolute atomic E-state index is 0.0882. The van der Waals surface area contributed by atoms with Gasteiger partial charge in [0.15, 0.2) is 0 Å². The van der Waals surface area contributed by atoms with Gasteiger partial charge in [-0.1, -0.05) is 150 Å². The molecule has 3 N–H and O–H groups in total. The molecule has 2 atom stereocenters. The van der Waals surface area contributed by atoms with Crippen molar-refractivity contribution in [1.29, 1.82) is 0 Å². The van der Waals surface area contributed by atoms with Crippen LogP contribution in [-0.2, 0) is 27.9 Å². The molecule has 9 heteroatoms. The standard InChI is InChI=1S/C46H80NO7P/c1-3-5-7-9-11-13-15-17-19-21-22-23-24-26-28-30-32-34-36-38-41-51-43-45(44-53-55(49,50)52-42-40-47)54-46(48)39-37-35-33-31-29-27-25-20-18-16-14-12-10-8-6-4-2/h5,7,11,13-14,16-17,19-20,22-23,25-26,28,45H,3-4,6,8-10,12,15,18,21,24,27,29-44,47H2,1-2H3,(H,49,50)/b7-5-,13-11-,16-14-,19-17-,23-22-,25-20-,28-26-. The van der Waals surface area contributed by atoms with E-state index >= 15 is 0 Å². The molecule has 0 spiro atoms. The summed E-state index contributed by atoms with van der Waals surface area (Å²) in [7, 11) is -4.29. The summed E-state index contributed by atoms with van der Waals surface area (Å²) in [6.07, 6.45) is 54.5. The molecule has 0 fully saturated rings. The Morgan fingerprint density at radius 1 is 0.564 bits per heavy atom. The van der Waals surface area contributed by atoms with E-state index in [1.807, 2.05) is 0 Å². The topological polar surface area (TPSA) is 117 Å². The van der Waals surface area contributed by atoms with E-state index in [-0.39, 0.29) is 32.3 Å². The fourth-order valence-corrected chi connectivity index (χ4v) is 6.17. The van der Waals surface area contributed by atoms with Gasteiger partial charge < -0.3 is 20.1 Å². The Morgan fingerprint density at radius 2 is 1.02 bits per heavy atom. The van der Waals surface area contributed by atoms with Crippen LogP contribution in [0.15, 0.2) is 85.1 Å². The zero-order chi connectivity index (χ0) is 40.2. The van der Waals surface area contributed by atoms with Gasteiger partial charge in [-0.3, -0.25) is 13.8 Å². The lowest BCUT2D eigenvalue weighted by Gasteiger charge is -2.20.